The van der Waals surface area contributed by atoms with Gasteiger partial charge in [0.2, 0.25) is 5.75 Å². The molecular formula is C29H26O4. The van der Waals surface area contributed by atoms with E-state index in [1.54, 1.807) is 27.4 Å². The number of fused-ring (bicyclic) bond motifs is 4. The van der Waals surface area contributed by atoms with Crippen LogP contribution in [0.5, 0.6) is 17.2 Å². The molecule has 4 heteroatoms. The molecule has 0 amide bonds. The second kappa shape index (κ2) is 8.30. The van der Waals surface area contributed by atoms with E-state index in [9.17, 15) is 0 Å². The third-order valence-electron chi connectivity index (χ3n) is 6.35. The van der Waals surface area contributed by atoms with E-state index >= 15 is 0 Å². The van der Waals surface area contributed by atoms with E-state index < -0.39 is 5.60 Å². The highest BCUT2D eigenvalue weighted by atomic mass is 16.5. The Labute approximate surface area is 194 Å². The first-order chi connectivity index (χ1) is 16.2. The summed E-state index contributed by atoms with van der Waals surface area (Å²) >= 11 is 0. The van der Waals surface area contributed by atoms with Gasteiger partial charge in [-0.05, 0) is 46.2 Å². The zero-order chi connectivity index (χ0) is 23.0. The maximum Gasteiger partial charge on any atom is 0.203 e. The molecule has 1 atom stereocenters. The molecule has 0 saturated heterocycles. The van der Waals surface area contributed by atoms with Crippen molar-refractivity contribution in [1.82, 2.24) is 0 Å². The summed E-state index contributed by atoms with van der Waals surface area (Å²) in [6, 6.07) is 25.2. The molecule has 4 aromatic carbocycles. The van der Waals surface area contributed by atoms with Crippen LogP contribution >= 0.6 is 0 Å². The van der Waals surface area contributed by atoms with Gasteiger partial charge in [0.15, 0.2) is 11.5 Å². The Balaban J connectivity index is 1.90. The van der Waals surface area contributed by atoms with Crippen molar-refractivity contribution >= 4 is 10.8 Å². The normalized spacial score (nSPS) is 16.2. The fraction of sp³-hybridized carbons (Fsp3) is 0.172. The quantitative estimate of drug-likeness (QED) is 0.316. The Morgan fingerprint density at radius 2 is 1.36 bits per heavy atom. The van der Waals surface area contributed by atoms with Crippen molar-refractivity contribution in [3.63, 3.8) is 0 Å². The minimum absolute atomic E-state index is 0.372. The number of benzene rings is 4. The average molecular weight is 439 g/mol. The van der Waals surface area contributed by atoms with Crippen LogP contribution in [-0.4, -0.2) is 27.9 Å². The van der Waals surface area contributed by atoms with Gasteiger partial charge in [-0.15, -0.1) is 6.58 Å². The van der Waals surface area contributed by atoms with Crippen LogP contribution in [0.25, 0.3) is 21.9 Å². The molecule has 0 radical (unpaired) electrons. The molecule has 0 bridgehead atoms. The Bertz CT molecular complexity index is 1330. The van der Waals surface area contributed by atoms with Crippen LogP contribution in [0.15, 0.2) is 85.5 Å². The molecule has 33 heavy (non-hydrogen) atoms. The van der Waals surface area contributed by atoms with Gasteiger partial charge in [-0.25, -0.2) is 0 Å². The predicted octanol–water partition coefficient (Wildman–Crippen LogP) is 6.34. The summed E-state index contributed by atoms with van der Waals surface area (Å²) in [6.45, 7) is 4.28. The largest absolute Gasteiger partial charge is 0.493 e. The smallest absolute Gasteiger partial charge is 0.203 e. The Kier molecular flexibility index (Phi) is 5.31. The molecule has 4 nitrogen and oxygen atoms in total. The van der Waals surface area contributed by atoms with Gasteiger partial charge in [0.1, 0.15) is 5.60 Å². The van der Waals surface area contributed by atoms with Crippen LogP contribution in [0.3, 0.4) is 0 Å². The monoisotopic (exact) mass is 438 g/mol. The first-order valence-electron chi connectivity index (χ1n) is 10.9. The van der Waals surface area contributed by atoms with Gasteiger partial charge in [0.25, 0.3) is 0 Å². The molecule has 0 aliphatic heterocycles. The lowest BCUT2D eigenvalue weighted by Gasteiger charge is -2.33. The fourth-order valence-electron chi connectivity index (χ4n) is 4.94. The van der Waals surface area contributed by atoms with E-state index in [1.165, 1.54) is 5.39 Å². The summed E-state index contributed by atoms with van der Waals surface area (Å²) in [5, 5.41) is 2.35. The number of methoxy groups -OCH3 is 3. The molecule has 0 aromatic heterocycles. The zero-order valence-corrected chi connectivity index (χ0v) is 19.1. The molecule has 0 fully saturated rings. The highest BCUT2D eigenvalue weighted by Crippen LogP contribution is 2.56. The van der Waals surface area contributed by atoms with Crippen molar-refractivity contribution in [2.75, 3.05) is 27.9 Å². The van der Waals surface area contributed by atoms with Crippen LogP contribution in [-0.2, 0) is 10.3 Å². The molecule has 0 spiro atoms. The molecule has 0 saturated carbocycles. The average Bonchev–Trinajstić information content (AvgIpc) is 3.14. The van der Waals surface area contributed by atoms with Gasteiger partial charge in [-0.3, -0.25) is 0 Å². The number of hydrogen-bond donors (Lipinski definition) is 0. The van der Waals surface area contributed by atoms with Crippen LogP contribution < -0.4 is 14.2 Å². The van der Waals surface area contributed by atoms with Gasteiger partial charge in [0, 0.05) is 16.7 Å². The number of ether oxygens (including phenoxy) is 4. The summed E-state index contributed by atoms with van der Waals surface area (Å²) in [5.41, 5.74) is 4.50. The molecule has 0 N–H and O–H groups in total. The molecule has 1 unspecified atom stereocenters. The van der Waals surface area contributed by atoms with Crippen molar-refractivity contribution in [1.29, 1.82) is 0 Å². The van der Waals surface area contributed by atoms with Gasteiger partial charge in [-0.1, -0.05) is 54.6 Å². The van der Waals surface area contributed by atoms with Crippen molar-refractivity contribution < 1.29 is 18.9 Å². The van der Waals surface area contributed by atoms with E-state index in [2.05, 4.69) is 67.2 Å². The van der Waals surface area contributed by atoms with Crippen molar-refractivity contribution in [3.05, 3.63) is 102 Å². The van der Waals surface area contributed by atoms with Crippen molar-refractivity contribution in [2.24, 2.45) is 0 Å². The molecule has 166 valence electrons. The Morgan fingerprint density at radius 3 is 2.00 bits per heavy atom. The minimum atomic E-state index is -0.864. The summed E-state index contributed by atoms with van der Waals surface area (Å²) in [4.78, 5) is 0. The van der Waals surface area contributed by atoms with Gasteiger partial charge in [-0.2, -0.15) is 0 Å². The highest BCUT2D eigenvalue weighted by molar-refractivity contribution is 5.94. The van der Waals surface area contributed by atoms with E-state index in [1.807, 2.05) is 12.1 Å². The van der Waals surface area contributed by atoms with Crippen LogP contribution in [0.4, 0.5) is 0 Å². The zero-order valence-electron chi connectivity index (χ0n) is 19.1. The van der Waals surface area contributed by atoms with Gasteiger partial charge < -0.3 is 18.9 Å². The second-order valence-electron chi connectivity index (χ2n) is 7.99. The summed E-state index contributed by atoms with van der Waals surface area (Å²) in [6.07, 6.45) is 1.78. The minimum Gasteiger partial charge on any atom is -0.493 e. The summed E-state index contributed by atoms with van der Waals surface area (Å²) in [5.74, 6) is 1.72. The number of rotatable bonds is 7. The highest BCUT2D eigenvalue weighted by Gasteiger charge is 2.46. The number of hydrogen-bond acceptors (Lipinski definition) is 4. The fourth-order valence-corrected chi connectivity index (χ4v) is 4.94. The third-order valence-corrected chi connectivity index (χ3v) is 6.35. The van der Waals surface area contributed by atoms with Gasteiger partial charge >= 0.3 is 0 Å². The van der Waals surface area contributed by atoms with E-state index in [0.29, 0.717) is 23.9 Å². The molecule has 1 aliphatic carbocycles. The third kappa shape index (κ3) is 3.10. The summed E-state index contributed by atoms with van der Waals surface area (Å²) < 4.78 is 23.7. The standard InChI is InChI=1S/C29H26O4/c1-5-14-33-29(21-17-26(30-2)28(32-4)27(18-21)31-3)24-13-9-8-12-22(24)23-15-19-10-6-7-11-20(19)16-25(23)29/h5-13,15-18H,1,14H2,2-4H3. The van der Waals surface area contributed by atoms with Crippen LogP contribution in [0.2, 0.25) is 0 Å². The van der Waals surface area contributed by atoms with E-state index in [-0.39, 0.29) is 0 Å². The molecular weight excluding hydrogens is 412 g/mol. The lowest BCUT2D eigenvalue weighted by Crippen LogP contribution is -2.31. The maximum absolute atomic E-state index is 6.73. The van der Waals surface area contributed by atoms with Gasteiger partial charge in [0.05, 0.1) is 27.9 Å². The molecule has 0 heterocycles. The van der Waals surface area contributed by atoms with Crippen molar-refractivity contribution in [2.45, 2.75) is 5.60 Å². The second-order valence-corrected chi connectivity index (χ2v) is 7.99. The first kappa shape index (κ1) is 21.1. The van der Waals surface area contributed by atoms with E-state index in [4.69, 9.17) is 18.9 Å². The first-order valence-corrected chi connectivity index (χ1v) is 10.9. The maximum atomic E-state index is 6.73. The molecule has 5 rings (SSSR count). The lowest BCUT2D eigenvalue weighted by atomic mass is 9.83. The van der Waals surface area contributed by atoms with E-state index in [0.717, 1.165) is 33.2 Å². The topological polar surface area (TPSA) is 36.9 Å². The predicted molar refractivity (Wildman–Crippen MR) is 132 cm³/mol. The Morgan fingerprint density at radius 1 is 0.727 bits per heavy atom. The molecule has 4 aromatic rings. The Hall–Kier alpha value is -3.76. The SMILES string of the molecule is C=CCOC1(c2cc(OC)c(OC)c(OC)c2)c2ccccc2-c2cc3ccccc3cc21. The van der Waals surface area contributed by atoms with Crippen LogP contribution in [0.1, 0.15) is 16.7 Å². The van der Waals surface area contributed by atoms with Crippen LogP contribution in [0, 0.1) is 0 Å². The summed E-state index contributed by atoms with van der Waals surface area (Å²) in [7, 11) is 4.86. The lowest BCUT2D eigenvalue weighted by molar-refractivity contribution is 0.0353. The van der Waals surface area contributed by atoms with Crippen molar-refractivity contribution in [3.8, 4) is 28.4 Å². The molecule has 1 aliphatic rings.